The Morgan fingerprint density at radius 1 is 1.24 bits per heavy atom. The minimum Gasteiger partial charge on any atom is -0.455 e. The number of aliphatic hydroxyl groups is 2. The summed E-state index contributed by atoms with van der Waals surface area (Å²) < 4.78 is 44.9. The zero-order valence-corrected chi connectivity index (χ0v) is 19.2. The molecule has 178 valence electrons. The number of halogens is 1. The monoisotopic (exact) mass is 479 g/mol. The number of carbonyl (C=O) groups excluding carboxylic acids is 1. The van der Waals surface area contributed by atoms with Gasteiger partial charge in [-0.3, -0.25) is 9.10 Å². The number of furan rings is 1. The Balaban J connectivity index is 2.28. The van der Waals surface area contributed by atoms with Gasteiger partial charge in [0.25, 0.3) is 5.91 Å². The number of hydrogen-bond acceptors (Lipinski definition) is 7. The largest absolute Gasteiger partial charge is 0.455 e. The number of anilines is 1. The molecule has 0 fully saturated rings. The highest BCUT2D eigenvalue weighted by Crippen LogP contribution is 2.39. The van der Waals surface area contributed by atoms with Crippen LogP contribution in [0.3, 0.4) is 0 Å². The summed E-state index contributed by atoms with van der Waals surface area (Å²) >= 11 is 0. The van der Waals surface area contributed by atoms with Gasteiger partial charge in [0.05, 0.1) is 30.2 Å². The van der Waals surface area contributed by atoms with Crippen molar-refractivity contribution in [2.24, 2.45) is 0 Å². The van der Waals surface area contributed by atoms with Gasteiger partial charge < -0.3 is 25.3 Å². The van der Waals surface area contributed by atoms with Crippen LogP contribution in [0.5, 0.6) is 0 Å². The summed E-state index contributed by atoms with van der Waals surface area (Å²) in [4.78, 5) is 12.8. The van der Waals surface area contributed by atoms with Gasteiger partial charge in [-0.1, -0.05) is 0 Å². The van der Waals surface area contributed by atoms with Crippen LogP contribution >= 0.6 is 0 Å². The maximum Gasteiger partial charge on any atom is 0.255 e. The molecule has 1 unspecified atom stereocenters. The van der Waals surface area contributed by atoms with Crippen molar-refractivity contribution < 1.29 is 32.2 Å². The number of hydrogen-bond donors (Lipinski definition) is 4. The highest BCUT2D eigenvalue weighted by Gasteiger charge is 2.27. The molecule has 0 saturated heterocycles. The van der Waals surface area contributed by atoms with Gasteiger partial charge in [-0.2, -0.15) is 0 Å². The van der Waals surface area contributed by atoms with E-state index in [0.717, 1.165) is 10.6 Å². The topological polar surface area (TPSA) is 132 Å². The third-order valence-electron chi connectivity index (χ3n) is 5.22. The van der Waals surface area contributed by atoms with Crippen molar-refractivity contribution in [1.82, 2.24) is 10.6 Å². The first kappa shape index (κ1) is 24.6. The first-order chi connectivity index (χ1) is 15.6. The minimum atomic E-state index is -3.69. The molecule has 11 heteroatoms. The fourth-order valence-corrected chi connectivity index (χ4v) is 3.97. The molecule has 0 radical (unpaired) electrons. The SMILES string of the molecule is CNC(=O)c1c(-c2ccc(F)cc2)oc2cc(N(C)S(C)(=O)=O)c(C(O)CNCCO)cc12. The zero-order chi connectivity index (χ0) is 24.3. The zero-order valence-electron chi connectivity index (χ0n) is 18.4. The number of nitrogens with one attached hydrogen (secondary N) is 2. The van der Waals surface area contributed by atoms with Crippen molar-refractivity contribution in [1.29, 1.82) is 0 Å². The van der Waals surface area contributed by atoms with E-state index in [1.165, 1.54) is 50.5 Å². The molecule has 0 saturated carbocycles. The van der Waals surface area contributed by atoms with E-state index in [-0.39, 0.29) is 47.9 Å². The van der Waals surface area contributed by atoms with Crippen LogP contribution in [-0.4, -0.2) is 64.6 Å². The molecule has 9 nitrogen and oxygen atoms in total. The minimum absolute atomic E-state index is 0.0364. The number of amides is 1. The molecule has 3 aromatic rings. The Labute approximate surface area is 190 Å². The molecule has 4 N–H and O–H groups in total. The predicted octanol–water partition coefficient (Wildman–Crippen LogP) is 1.61. The van der Waals surface area contributed by atoms with Crippen molar-refractivity contribution in [3.8, 4) is 11.3 Å². The second kappa shape index (κ2) is 9.87. The van der Waals surface area contributed by atoms with E-state index in [2.05, 4.69) is 10.6 Å². The second-order valence-corrected chi connectivity index (χ2v) is 9.49. The lowest BCUT2D eigenvalue weighted by atomic mass is 10.00. The molecular formula is C22H26FN3O6S. The van der Waals surface area contributed by atoms with Crippen molar-refractivity contribution in [2.75, 3.05) is 44.4 Å². The van der Waals surface area contributed by atoms with Gasteiger partial charge in [-0.05, 0) is 30.3 Å². The van der Waals surface area contributed by atoms with Gasteiger partial charge in [0.1, 0.15) is 17.2 Å². The molecule has 0 spiro atoms. The Kier molecular flexibility index (Phi) is 7.38. The summed E-state index contributed by atoms with van der Waals surface area (Å²) in [5.74, 6) is -0.729. The third kappa shape index (κ3) is 5.17. The van der Waals surface area contributed by atoms with E-state index in [4.69, 9.17) is 9.52 Å². The Bertz CT molecular complexity index is 1260. The number of fused-ring (bicyclic) bond motifs is 1. The Hall–Kier alpha value is -2.99. The van der Waals surface area contributed by atoms with E-state index in [0.29, 0.717) is 10.9 Å². The average molecular weight is 480 g/mol. The summed E-state index contributed by atoms with van der Waals surface area (Å²) in [5, 5.41) is 25.6. The molecular weight excluding hydrogens is 453 g/mol. The van der Waals surface area contributed by atoms with E-state index >= 15 is 0 Å². The standard InChI is InChI=1S/C22H26FN3O6S/c1-24-22(29)20-16-10-15(18(28)12-25-8-9-27)17(26(2)33(3,30)31)11-19(16)32-21(20)13-4-6-14(23)7-5-13/h4-7,10-11,18,25,27-28H,8-9,12H2,1-3H3,(H,24,29). The van der Waals surface area contributed by atoms with Crippen LogP contribution in [0.4, 0.5) is 10.1 Å². The van der Waals surface area contributed by atoms with Gasteiger partial charge in [0.2, 0.25) is 10.0 Å². The van der Waals surface area contributed by atoms with Crippen LogP contribution in [0.1, 0.15) is 22.0 Å². The first-order valence-corrected chi connectivity index (χ1v) is 11.9. The molecule has 33 heavy (non-hydrogen) atoms. The van der Waals surface area contributed by atoms with Crippen LogP contribution in [0.25, 0.3) is 22.3 Å². The van der Waals surface area contributed by atoms with Crippen molar-refractivity contribution in [3.63, 3.8) is 0 Å². The van der Waals surface area contributed by atoms with Gasteiger partial charge in [0, 0.05) is 49.8 Å². The lowest BCUT2D eigenvalue weighted by Crippen LogP contribution is -2.29. The molecule has 0 aliphatic carbocycles. The maximum atomic E-state index is 13.4. The van der Waals surface area contributed by atoms with Crippen LogP contribution in [-0.2, 0) is 10.0 Å². The molecule has 1 amide bonds. The number of aliphatic hydroxyl groups excluding tert-OH is 2. The fraction of sp³-hybridized carbons (Fsp3) is 0.318. The summed E-state index contributed by atoms with van der Waals surface area (Å²) in [5.41, 5.74) is 1.27. The highest BCUT2D eigenvalue weighted by atomic mass is 32.2. The molecule has 1 atom stereocenters. The molecule has 0 aliphatic rings. The fourth-order valence-electron chi connectivity index (χ4n) is 3.45. The smallest absolute Gasteiger partial charge is 0.255 e. The van der Waals surface area contributed by atoms with Crippen LogP contribution in [0.15, 0.2) is 40.8 Å². The lowest BCUT2D eigenvalue weighted by molar-refractivity contribution is 0.0964. The summed E-state index contributed by atoms with van der Waals surface area (Å²) in [7, 11) is -0.889. The number of sulfonamides is 1. The molecule has 0 bridgehead atoms. The molecule has 1 heterocycles. The average Bonchev–Trinajstić information content (AvgIpc) is 3.15. The van der Waals surface area contributed by atoms with Crippen LogP contribution in [0.2, 0.25) is 0 Å². The first-order valence-electron chi connectivity index (χ1n) is 10.1. The van der Waals surface area contributed by atoms with Gasteiger partial charge in [-0.15, -0.1) is 0 Å². The Morgan fingerprint density at radius 3 is 2.48 bits per heavy atom. The van der Waals surface area contributed by atoms with Crippen molar-refractivity contribution in [2.45, 2.75) is 6.10 Å². The van der Waals surface area contributed by atoms with Crippen LogP contribution < -0.4 is 14.9 Å². The summed E-state index contributed by atoms with van der Waals surface area (Å²) in [6.07, 6.45) is -0.124. The van der Waals surface area contributed by atoms with Crippen LogP contribution in [0, 0.1) is 5.82 Å². The van der Waals surface area contributed by atoms with Gasteiger partial charge in [0.15, 0.2) is 0 Å². The second-order valence-electron chi connectivity index (χ2n) is 7.47. The molecule has 3 rings (SSSR count). The van der Waals surface area contributed by atoms with E-state index in [1.807, 2.05) is 0 Å². The third-order valence-corrected chi connectivity index (χ3v) is 6.41. The van der Waals surface area contributed by atoms with Crippen molar-refractivity contribution in [3.05, 3.63) is 53.3 Å². The number of benzene rings is 2. The Morgan fingerprint density at radius 2 is 1.91 bits per heavy atom. The van der Waals surface area contributed by atoms with E-state index in [1.54, 1.807) is 0 Å². The summed E-state index contributed by atoms with van der Waals surface area (Å²) in [6, 6.07) is 8.37. The molecule has 2 aromatic carbocycles. The van der Waals surface area contributed by atoms with E-state index < -0.39 is 27.9 Å². The number of rotatable bonds is 9. The highest BCUT2D eigenvalue weighted by molar-refractivity contribution is 7.92. The normalized spacial score (nSPS) is 12.7. The predicted molar refractivity (Wildman–Crippen MR) is 123 cm³/mol. The van der Waals surface area contributed by atoms with Gasteiger partial charge in [-0.25, -0.2) is 12.8 Å². The maximum absolute atomic E-state index is 13.4. The van der Waals surface area contributed by atoms with Gasteiger partial charge >= 0.3 is 0 Å². The molecule has 0 aliphatic heterocycles. The molecule has 1 aromatic heterocycles. The van der Waals surface area contributed by atoms with E-state index in [9.17, 15) is 22.7 Å². The summed E-state index contributed by atoms with van der Waals surface area (Å²) in [6.45, 7) is 0.139. The quantitative estimate of drug-likeness (QED) is 0.343. The number of carbonyl (C=O) groups is 1. The van der Waals surface area contributed by atoms with Crippen molar-refractivity contribution >= 4 is 32.6 Å². The lowest BCUT2D eigenvalue weighted by Gasteiger charge is -2.23. The number of nitrogens with zero attached hydrogens (tertiary/aromatic N) is 1.